The Morgan fingerprint density at radius 2 is 1.68 bits per heavy atom. The number of nitrogens with zero attached hydrogens (tertiary/aromatic N) is 2. The van der Waals surface area contributed by atoms with Crippen LogP contribution in [-0.2, 0) is 10.1 Å². The minimum absolute atomic E-state index is 0.115. The number of benzene rings is 2. The van der Waals surface area contributed by atoms with E-state index in [-0.39, 0.29) is 10.9 Å². The number of hydrogen-bond acceptors (Lipinski definition) is 4. The minimum atomic E-state index is -4.27. The topological polar surface area (TPSA) is 66.9 Å². The van der Waals surface area contributed by atoms with Gasteiger partial charge in [-0.05, 0) is 30.7 Å². The van der Waals surface area contributed by atoms with Crippen LogP contribution in [0.15, 0.2) is 47.4 Å². The zero-order valence-electron chi connectivity index (χ0n) is 15.3. The van der Waals surface area contributed by atoms with Crippen molar-refractivity contribution < 1.29 is 26.2 Å². The summed E-state index contributed by atoms with van der Waals surface area (Å²) >= 11 is 0. The lowest BCUT2D eigenvalue weighted by atomic mass is 10.3. The van der Waals surface area contributed by atoms with Gasteiger partial charge in [0.25, 0.3) is 0 Å². The highest BCUT2D eigenvalue weighted by Gasteiger charge is 2.29. The molecule has 1 saturated heterocycles. The van der Waals surface area contributed by atoms with Crippen LogP contribution in [0.4, 0.5) is 19.3 Å². The van der Waals surface area contributed by atoms with E-state index in [0.717, 1.165) is 25.0 Å². The summed E-state index contributed by atoms with van der Waals surface area (Å²) in [6.07, 6.45) is 1.92. The number of unbranched alkanes of at least 4 members (excludes halogenated alkanes) is 1. The van der Waals surface area contributed by atoms with Gasteiger partial charge in [0.05, 0.1) is 0 Å². The smallest absolute Gasteiger partial charge is 0.339 e. The van der Waals surface area contributed by atoms with Crippen molar-refractivity contribution in [1.82, 2.24) is 4.90 Å². The monoisotopic (exact) mass is 410 g/mol. The standard InChI is InChI=1S/C19H20F2N2O4S/c1-2-3-8-22-9-10-23(19(22)24)16-4-6-18(7-5-16)28(25,26)27-17-12-14(20)11-15(21)13-17/h4-7,11-13H,2-3,8-10H2,1H3. The molecule has 0 aromatic heterocycles. The van der Waals surface area contributed by atoms with Crippen LogP contribution in [-0.4, -0.2) is 39.0 Å². The molecule has 3 rings (SSSR count). The molecule has 0 saturated carbocycles. The van der Waals surface area contributed by atoms with Gasteiger partial charge in [-0.3, -0.25) is 4.90 Å². The van der Waals surface area contributed by atoms with E-state index in [2.05, 4.69) is 6.92 Å². The first-order chi connectivity index (χ1) is 13.3. The zero-order chi connectivity index (χ0) is 20.3. The molecule has 0 spiro atoms. The van der Waals surface area contributed by atoms with Crippen molar-refractivity contribution >= 4 is 21.8 Å². The van der Waals surface area contributed by atoms with E-state index in [1.165, 1.54) is 24.3 Å². The molecule has 1 fully saturated rings. The van der Waals surface area contributed by atoms with Crippen LogP contribution < -0.4 is 9.08 Å². The molecule has 2 aromatic carbocycles. The molecule has 9 heteroatoms. The van der Waals surface area contributed by atoms with Gasteiger partial charge in [-0.1, -0.05) is 13.3 Å². The van der Waals surface area contributed by atoms with E-state index >= 15 is 0 Å². The molecular weight excluding hydrogens is 390 g/mol. The fourth-order valence-electron chi connectivity index (χ4n) is 2.92. The summed E-state index contributed by atoms with van der Waals surface area (Å²) in [4.78, 5) is 15.6. The Morgan fingerprint density at radius 3 is 2.29 bits per heavy atom. The summed E-state index contributed by atoms with van der Waals surface area (Å²) < 4.78 is 55.9. The molecule has 0 radical (unpaired) electrons. The maximum atomic E-state index is 13.2. The average Bonchev–Trinajstić information content (AvgIpc) is 2.99. The van der Waals surface area contributed by atoms with Gasteiger partial charge >= 0.3 is 16.1 Å². The maximum absolute atomic E-state index is 13.2. The Bertz CT molecular complexity index is 944. The van der Waals surface area contributed by atoms with Crippen LogP contribution in [0.2, 0.25) is 0 Å². The number of rotatable bonds is 7. The van der Waals surface area contributed by atoms with Gasteiger partial charge in [-0.15, -0.1) is 0 Å². The van der Waals surface area contributed by atoms with E-state index in [1.54, 1.807) is 9.80 Å². The Morgan fingerprint density at radius 1 is 1.04 bits per heavy atom. The molecule has 0 aliphatic carbocycles. The Balaban J connectivity index is 1.74. The Kier molecular flexibility index (Phi) is 5.83. The number of urea groups is 1. The predicted molar refractivity (Wildman–Crippen MR) is 99.8 cm³/mol. The molecule has 6 nitrogen and oxygen atoms in total. The van der Waals surface area contributed by atoms with Crippen LogP contribution in [0, 0.1) is 11.6 Å². The van der Waals surface area contributed by atoms with E-state index < -0.39 is 27.5 Å². The number of carbonyl (C=O) groups excluding carboxylic acids is 1. The predicted octanol–water partition coefficient (Wildman–Crippen LogP) is 3.77. The molecular formula is C19H20F2N2O4S. The Labute approximate surface area is 162 Å². The largest absolute Gasteiger partial charge is 0.379 e. The van der Waals surface area contributed by atoms with Crippen LogP contribution in [0.1, 0.15) is 19.8 Å². The molecule has 2 aromatic rings. The summed E-state index contributed by atoms with van der Waals surface area (Å²) in [6, 6.07) is 7.66. The molecule has 1 aliphatic heterocycles. The summed E-state index contributed by atoms with van der Waals surface area (Å²) in [6.45, 7) is 3.88. The molecule has 0 atom stereocenters. The van der Waals surface area contributed by atoms with Crippen molar-refractivity contribution in [3.05, 3.63) is 54.1 Å². The van der Waals surface area contributed by atoms with Gasteiger partial charge in [-0.25, -0.2) is 13.6 Å². The number of amides is 2. The van der Waals surface area contributed by atoms with Gasteiger partial charge in [-0.2, -0.15) is 8.42 Å². The zero-order valence-corrected chi connectivity index (χ0v) is 16.1. The summed E-state index contributed by atoms with van der Waals surface area (Å²) in [5.41, 5.74) is 0.569. The van der Waals surface area contributed by atoms with E-state index in [4.69, 9.17) is 4.18 Å². The highest BCUT2D eigenvalue weighted by atomic mass is 32.2. The molecule has 0 bridgehead atoms. The normalized spacial score (nSPS) is 14.6. The third kappa shape index (κ3) is 4.41. The first-order valence-electron chi connectivity index (χ1n) is 8.87. The van der Waals surface area contributed by atoms with Crippen LogP contribution >= 0.6 is 0 Å². The molecule has 1 aliphatic rings. The lowest BCUT2D eigenvalue weighted by Gasteiger charge is -2.18. The second-order valence-corrected chi connectivity index (χ2v) is 7.96. The van der Waals surface area contributed by atoms with Crippen molar-refractivity contribution in [2.75, 3.05) is 24.5 Å². The third-order valence-electron chi connectivity index (χ3n) is 4.36. The van der Waals surface area contributed by atoms with Gasteiger partial charge in [0.15, 0.2) is 0 Å². The second kappa shape index (κ2) is 8.14. The van der Waals surface area contributed by atoms with Crippen LogP contribution in [0.5, 0.6) is 5.75 Å². The number of anilines is 1. The van der Waals surface area contributed by atoms with Gasteiger partial charge in [0.2, 0.25) is 0 Å². The van der Waals surface area contributed by atoms with Gasteiger partial charge in [0, 0.05) is 43.5 Å². The minimum Gasteiger partial charge on any atom is -0.379 e. The fraction of sp³-hybridized carbons (Fsp3) is 0.316. The lowest BCUT2D eigenvalue weighted by molar-refractivity contribution is 0.220. The lowest BCUT2D eigenvalue weighted by Crippen LogP contribution is -2.32. The summed E-state index contributed by atoms with van der Waals surface area (Å²) in [5, 5.41) is 0. The van der Waals surface area contributed by atoms with Crippen molar-refractivity contribution in [1.29, 1.82) is 0 Å². The highest BCUT2D eigenvalue weighted by molar-refractivity contribution is 7.87. The maximum Gasteiger partial charge on any atom is 0.339 e. The first kappa shape index (κ1) is 20.1. The quantitative estimate of drug-likeness (QED) is 0.652. The van der Waals surface area contributed by atoms with Gasteiger partial charge < -0.3 is 9.08 Å². The first-order valence-corrected chi connectivity index (χ1v) is 10.3. The second-order valence-electron chi connectivity index (χ2n) is 6.41. The molecule has 150 valence electrons. The third-order valence-corrected chi connectivity index (χ3v) is 5.62. The molecule has 2 amide bonds. The van der Waals surface area contributed by atoms with Crippen LogP contribution in [0.3, 0.4) is 0 Å². The number of carbonyl (C=O) groups is 1. The molecule has 0 N–H and O–H groups in total. The van der Waals surface area contributed by atoms with E-state index in [9.17, 15) is 22.0 Å². The van der Waals surface area contributed by atoms with Crippen molar-refractivity contribution in [2.24, 2.45) is 0 Å². The number of halogens is 2. The molecule has 1 heterocycles. The SMILES string of the molecule is CCCCN1CCN(c2ccc(S(=O)(=O)Oc3cc(F)cc(F)c3)cc2)C1=O. The van der Waals surface area contributed by atoms with E-state index in [1.807, 2.05) is 0 Å². The van der Waals surface area contributed by atoms with Gasteiger partial charge in [0.1, 0.15) is 22.3 Å². The fourth-order valence-corrected chi connectivity index (χ4v) is 3.84. The highest BCUT2D eigenvalue weighted by Crippen LogP contribution is 2.25. The summed E-state index contributed by atoms with van der Waals surface area (Å²) in [5.74, 6) is -2.34. The molecule has 28 heavy (non-hydrogen) atoms. The van der Waals surface area contributed by atoms with Crippen molar-refractivity contribution in [2.45, 2.75) is 24.7 Å². The van der Waals surface area contributed by atoms with Crippen LogP contribution in [0.25, 0.3) is 0 Å². The number of hydrogen-bond donors (Lipinski definition) is 0. The molecule has 0 unspecified atom stereocenters. The summed E-state index contributed by atoms with van der Waals surface area (Å²) in [7, 11) is -4.27. The average molecular weight is 410 g/mol. The Hall–Kier alpha value is -2.68. The van der Waals surface area contributed by atoms with Crippen molar-refractivity contribution in [3.8, 4) is 5.75 Å². The van der Waals surface area contributed by atoms with E-state index in [0.29, 0.717) is 31.4 Å². The van der Waals surface area contributed by atoms with Crippen molar-refractivity contribution in [3.63, 3.8) is 0 Å².